The Kier molecular flexibility index (Phi) is 5.81. The Morgan fingerprint density at radius 3 is 2.60 bits per heavy atom. The highest BCUT2D eigenvalue weighted by atomic mass is 16.2. The van der Waals surface area contributed by atoms with E-state index in [1.54, 1.807) is 0 Å². The Hall–Kier alpha value is -2.21. The first-order chi connectivity index (χ1) is 12.1. The summed E-state index contributed by atoms with van der Waals surface area (Å²) in [5.41, 5.74) is 4.39. The van der Waals surface area contributed by atoms with Gasteiger partial charge in [-0.1, -0.05) is 6.07 Å². The zero-order valence-electron chi connectivity index (χ0n) is 15.2. The smallest absolute Gasteiger partial charge is 0.222 e. The normalized spacial score (nSPS) is 15.5. The van der Waals surface area contributed by atoms with E-state index in [0.29, 0.717) is 6.42 Å². The SMILES string of the molecule is Cc1n[nH]c(C)c1CCC(=O)N1CCN(CCc2ccccn2)CC1. The summed E-state index contributed by atoms with van der Waals surface area (Å²) < 4.78 is 0. The van der Waals surface area contributed by atoms with Crippen molar-refractivity contribution < 1.29 is 4.79 Å². The minimum absolute atomic E-state index is 0.254. The molecular weight excluding hydrogens is 314 g/mol. The minimum Gasteiger partial charge on any atom is -0.340 e. The predicted octanol–water partition coefficient (Wildman–Crippen LogP) is 1.74. The van der Waals surface area contributed by atoms with Crippen molar-refractivity contribution in [2.45, 2.75) is 33.1 Å². The van der Waals surface area contributed by atoms with Crippen molar-refractivity contribution in [1.82, 2.24) is 25.0 Å². The van der Waals surface area contributed by atoms with Crippen molar-refractivity contribution >= 4 is 5.91 Å². The molecule has 0 atom stereocenters. The number of aryl methyl sites for hydroxylation is 2. The van der Waals surface area contributed by atoms with Gasteiger partial charge in [0.2, 0.25) is 5.91 Å². The van der Waals surface area contributed by atoms with Crippen LogP contribution in [0.15, 0.2) is 24.4 Å². The van der Waals surface area contributed by atoms with Crippen LogP contribution in [0.3, 0.4) is 0 Å². The molecule has 134 valence electrons. The number of carbonyl (C=O) groups excluding carboxylic acids is 1. The summed E-state index contributed by atoms with van der Waals surface area (Å²) in [5.74, 6) is 0.254. The molecule has 0 aromatic carbocycles. The second-order valence-corrected chi connectivity index (χ2v) is 6.71. The minimum atomic E-state index is 0.254. The number of rotatable bonds is 6. The first kappa shape index (κ1) is 17.6. The highest BCUT2D eigenvalue weighted by molar-refractivity contribution is 5.76. The molecule has 1 amide bonds. The van der Waals surface area contributed by atoms with Gasteiger partial charge in [-0.2, -0.15) is 5.10 Å². The Bertz CT molecular complexity index is 670. The predicted molar refractivity (Wildman–Crippen MR) is 97.3 cm³/mol. The third kappa shape index (κ3) is 4.66. The lowest BCUT2D eigenvalue weighted by Gasteiger charge is -2.34. The first-order valence-electron chi connectivity index (χ1n) is 9.04. The van der Waals surface area contributed by atoms with Crippen molar-refractivity contribution in [1.29, 1.82) is 0 Å². The third-order valence-electron chi connectivity index (χ3n) is 5.00. The van der Waals surface area contributed by atoms with Crippen molar-refractivity contribution in [2.75, 3.05) is 32.7 Å². The molecule has 25 heavy (non-hydrogen) atoms. The van der Waals surface area contributed by atoms with E-state index in [0.717, 1.165) is 62.6 Å². The molecule has 3 rings (SSSR count). The van der Waals surface area contributed by atoms with E-state index in [1.807, 2.05) is 37.1 Å². The zero-order valence-corrected chi connectivity index (χ0v) is 15.2. The number of nitrogens with one attached hydrogen (secondary N) is 1. The van der Waals surface area contributed by atoms with Gasteiger partial charge in [0.15, 0.2) is 0 Å². The molecule has 1 saturated heterocycles. The van der Waals surface area contributed by atoms with Gasteiger partial charge in [0.05, 0.1) is 5.69 Å². The van der Waals surface area contributed by atoms with Crippen molar-refractivity contribution in [2.24, 2.45) is 0 Å². The fourth-order valence-electron chi connectivity index (χ4n) is 3.37. The summed E-state index contributed by atoms with van der Waals surface area (Å²) in [6.45, 7) is 8.55. The molecule has 2 aromatic rings. The van der Waals surface area contributed by atoms with Crippen LogP contribution in [0.1, 0.15) is 29.1 Å². The lowest BCUT2D eigenvalue weighted by Crippen LogP contribution is -2.49. The lowest BCUT2D eigenvalue weighted by atomic mass is 10.1. The molecule has 6 nitrogen and oxygen atoms in total. The van der Waals surface area contributed by atoms with Crippen LogP contribution in [0.4, 0.5) is 0 Å². The largest absolute Gasteiger partial charge is 0.340 e. The van der Waals surface area contributed by atoms with Crippen LogP contribution in [0.5, 0.6) is 0 Å². The standard InChI is InChI=1S/C19H27N5O/c1-15-18(16(2)22-21-15)6-7-19(25)24-13-11-23(12-14-24)10-8-17-5-3-4-9-20-17/h3-5,9H,6-8,10-14H2,1-2H3,(H,21,22). The molecule has 0 bridgehead atoms. The summed E-state index contributed by atoms with van der Waals surface area (Å²) in [4.78, 5) is 21.3. The molecule has 0 unspecified atom stereocenters. The molecule has 0 saturated carbocycles. The number of aromatic amines is 1. The van der Waals surface area contributed by atoms with Gasteiger partial charge in [-0.05, 0) is 38.0 Å². The van der Waals surface area contributed by atoms with Gasteiger partial charge in [-0.3, -0.25) is 19.8 Å². The maximum atomic E-state index is 12.5. The number of hydrogen-bond acceptors (Lipinski definition) is 4. The summed E-state index contributed by atoms with van der Waals surface area (Å²) in [6, 6.07) is 6.04. The Morgan fingerprint density at radius 2 is 1.96 bits per heavy atom. The van der Waals surface area contributed by atoms with E-state index in [4.69, 9.17) is 0 Å². The zero-order chi connectivity index (χ0) is 17.6. The summed E-state index contributed by atoms with van der Waals surface area (Å²) in [5, 5.41) is 7.19. The number of piperazine rings is 1. The van der Waals surface area contributed by atoms with Crippen molar-refractivity contribution in [3.8, 4) is 0 Å². The second-order valence-electron chi connectivity index (χ2n) is 6.71. The molecular formula is C19H27N5O. The maximum absolute atomic E-state index is 12.5. The Balaban J connectivity index is 1.40. The number of nitrogens with zero attached hydrogens (tertiary/aromatic N) is 4. The van der Waals surface area contributed by atoms with Crippen molar-refractivity contribution in [3.63, 3.8) is 0 Å². The van der Waals surface area contributed by atoms with Crippen molar-refractivity contribution in [3.05, 3.63) is 47.0 Å². The maximum Gasteiger partial charge on any atom is 0.222 e. The number of pyridine rings is 1. The quantitative estimate of drug-likeness (QED) is 0.869. The first-order valence-corrected chi connectivity index (χ1v) is 9.04. The molecule has 1 fully saturated rings. The number of amides is 1. The molecule has 2 aromatic heterocycles. The van der Waals surface area contributed by atoms with E-state index in [9.17, 15) is 4.79 Å². The molecule has 6 heteroatoms. The summed E-state index contributed by atoms with van der Waals surface area (Å²) in [7, 11) is 0. The third-order valence-corrected chi connectivity index (χ3v) is 5.00. The fourth-order valence-corrected chi connectivity index (χ4v) is 3.37. The number of aromatic nitrogens is 3. The molecule has 0 aliphatic carbocycles. The Morgan fingerprint density at radius 1 is 1.16 bits per heavy atom. The van der Waals surface area contributed by atoms with Gasteiger partial charge in [0.25, 0.3) is 0 Å². The van der Waals surface area contributed by atoms with Crippen LogP contribution in [-0.4, -0.2) is 63.6 Å². The fraction of sp³-hybridized carbons (Fsp3) is 0.526. The highest BCUT2D eigenvalue weighted by Crippen LogP contribution is 2.13. The van der Waals surface area contributed by atoms with Crippen LogP contribution < -0.4 is 0 Å². The van der Waals surface area contributed by atoms with E-state index >= 15 is 0 Å². The van der Waals surface area contributed by atoms with Gasteiger partial charge < -0.3 is 4.90 Å². The number of carbonyl (C=O) groups is 1. The molecule has 1 aliphatic heterocycles. The van der Waals surface area contributed by atoms with Gasteiger partial charge in [0.1, 0.15) is 0 Å². The molecule has 1 N–H and O–H groups in total. The van der Waals surface area contributed by atoms with Gasteiger partial charge in [-0.25, -0.2) is 0 Å². The average Bonchev–Trinajstić information content (AvgIpc) is 2.97. The Labute approximate surface area is 149 Å². The van der Waals surface area contributed by atoms with Crippen LogP contribution in [0.2, 0.25) is 0 Å². The average molecular weight is 341 g/mol. The van der Waals surface area contributed by atoms with E-state index in [-0.39, 0.29) is 5.91 Å². The molecule has 0 spiro atoms. The highest BCUT2D eigenvalue weighted by Gasteiger charge is 2.21. The monoisotopic (exact) mass is 341 g/mol. The molecule has 1 aliphatic rings. The molecule has 3 heterocycles. The van der Waals surface area contributed by atoms with Crippen LogP contribution >= 0.6 is 0 Å². The lowest BCUT2D eigenvalue weighted by molar-refractivity contribution is -0.132. The van der Waals surface area contributed by atoms with Gasteiger partial charge in [0, 0.05) is 63.2 Å². The van der Waals surface area contributed by atoms with E-state index < -0.39 is 0 Å². The van der Waals surface area contributed by atoms with E-state index in [1.165, 1.54) is 5.56 Å². The van der Waals surface area contributed by atoms with Gasteiger partial charge in [-0.15, -0.1) is 0 Å². The summed E-state index contributed by atoms with van der Waals surface area (Å²) in [6.07, 6.45) is 4.14. The van der Waals surface area contributed by atoms with Crippen LogP contribution in [0.25, 0.3) is 0 Å². The number of hydrogen-bond donors (Lipinski definition) is 1. The molecule has 0 radical (unpaired) electrons. The topological polar surface area (TPSA) is 65.1 Å². The second kappa shape index (κ2) is 8.25. The van der Waals surface area contributed by atoms with Crippen LogP contribution in [0, 0.1) is 13.8 Å². The summed E-state index contributed by atoms with van der Waals surface area (Å²) >= 11 is 0. The number of H-pyrrole nitrogens is 1. The van der Waals surface area contributed by atoms with Gasteiger partial charge >= 0.3 is 0 Å². The van der Waals surface area contributed by atoms with E-state index in [2.05, 4.69) is 26.1 Å². The van der Waals surface area contributed by atoms with Crippen LogP contribution in [-0.2, 0) is 17.6 Å².